The topological polar surface area (TPSA) is 47.1 Å². The minimum absolute atomic E-state index is 0.00403. The van der Waals surface area contributed by atoms with Gasteiger partial charge in [-0.25, -0.2) is 4.98 Å². The van der Waals surface area contributed by atoms with Crippen molar-refractivity contribution in [2.75, 3.05) is 14.1 Å². The molecule has 0 aliphatic heterocycles. The van der Waals surface area contributed by atoms with Gasteiger partial charge in [0.25, 0.3) is 0 Å². The molecule has 19 heavy (non-hydrogen) atoms. The fraction of sp³-hybridized carbons (Fsp3) is 0.800. The van der Waals surface area contributed by atoms with Gasteiger partial charge >= 0.3 is 0 Å². The van der Waals surface area contributed by atoms with Crippen LogP contribution in [0.25, 0.3) is 0 Å². The van der Waals surface area contributed by atoms with Crippen molar-refractivity contribution in [3.8, 4) is 0 Å². The normalized spacial score (nSPS) is 20.7. The van der Waals surface area contributed by atoms with E-state index in [1.165, 1.54) is 32.1 Å². The minimum atomic E-state index is 0.00403. The molecule has 0 amide bonds. The number of aryl methyl sites for hydroxylation is 1. The molecule has 0 bridgehead atoms. The number of aromatic nitrogens is 2. The third kappa shape index (κ3) is 2.70. The molecule has 1 heterocycles. The molecule has 1 aliphatic rings. The first-order chi connectivity index (χ1) is 9.12. The number of imidazole rings is 1. The van der Waals surface area contributed by atoms with Gasteiger partial charge in [-0.3, -0.25) is 0 Å². The van der Waals surface area contributed by atoms with E-state index in [4.69, 9.17) is 5.73 Å². The van der Waals surface area contributed by atoms with Gasteiger partial charge in [-0.15, -0.1) is 0 Å². The van der Waals surface area contributed by atoms with Crippen LogP contribution in [0, 0.1) is 0 Å². The summed E-state index contributed by atoms with van der Waals surface area (Å²) in [6.45, 7) is 3.20. The summed E-state index contributed by atoms with van der Waals surface area (Å²) in [7, 11) is 4.33. The SMILES string of the molecule is CCCn1ccnc1C(N)C1(N(C)C)CCCCC1. The second kappa shape index (κ2) is 6.06. The lowest BCUT2D eigenvalue weighted by Crippen LogP contribution is -2.54. The van der Waals surface area contributed by atoms with Crippen molar-refractivity contribution in [2.45, 2.75) is 63.6 Å². The van der Waals surface area contributed by atoms with Gasteiger partial charge in [0.2, 0.25) is 0 Å². The quantitative estimate of drug-likeness (QED) is 0.889. The van der Waals surface area contributed by atoms with E-state index in [-0.39, 0.29) is 11.6 Å². The maximum atomic E-state index is 6.66. The summed E-state index contributed by atoms with van der Waals surface area (Å²) < 4.78 is 2.23. The fourth-order valence-electron chi connectivity index (χ4n) is 3.47. The molecule has 4 nitrogen and oxygen atoms in total. The Hall–Kier alpha value is -0.870. The van der Waals surface area contributed by atoms with E-state index >= 15 is 0 Å². The highest BCUT2D eigenvalue weighted by atomic mass is 15.2. The van der Waals surface area contributed by atoms with Crippen LogP contribution in [0.4, 0.5) is 0 Å². The zero-order chi connectivity index (χ0) is 13.9. The first-order valence-corrected chi connectivity index (χ1v) is 7.56. The Labute approximate surface area is 117 Å². The lowest BCUT2D eigenvalue weighted by atomic mass is 9.75. The summed E-state index contributed by atoms with van der Waals surface area (Å²) in [5.41, 5.74) is 6.73. The van der Waals surface area contributed by atoms with Crippen LogP contribution < -0.4 is 5.73 Å². The largest absolute Gasteiger partial charge is 0.334 e. The molecule has 2 rings (SSSR count). The van der Waals surface area contributed by atoms with E-state index in [0.29, 0.717) is 0 Å². The number of likely N-dealkylation sites (N-methyl/N-ethyl adjacent to an activating group) is 1. The monoisotopic (exact) mass is 264 g/mol. The Morgan fingerprint density at radius 2 is 2.05 bits per heavy atom. The van der Waals surface area contributed by atoms with E-state index in [2.05, 4.69) is 41.7 Å². The van der Waals surface area contributed by atoms with Gasteiger partial charge in [0.05, 0.1) is 6.04 Å². The molecule has 1 fully saturated rings. The highest BCUT2D eigenvalue weighted by Gasteiger charge is 2.42. The second-order valence-corrected chi connectivity index (χ2v) is 6.02. The Morgan fingerprint density at radius 3 is 2.63 bits per heavy atom. The second-order valence-electron chi connectivity index (χ2n) is 6.02. The van der Waals surface area contributed by atoms with Crippen LogP contribution in [-0.2, 0) is 6.54 Å². The van der Waals surface area contributed by atoms with E-state index in [1.807, 2.05) is 6.20 Å². The van der Waals surface area contributed by atoms with Crippen molar-refractivity contribution in [3.63, 3.8) is 0 Å². The van der Waals surface area contributed by atoms with Crippen molar-refractivity contribution in [1.82, 2.24) is 14.5 Å². The van der Waals surface area contributed by atoms with Crippen molar-refractivity contribution in [3.05, 3.63) is 18.2 Å². The molecule has 1 aromatic rings. The molecule has 1 unspecified atom stereocenters. The van der Waals surface area contributed by atoms with E-state index in [1.54, 1.807) is 0 Å². The van der Waals surface area contributed by atoms with Crippen molar-refractivity contribution >= 4 is 0 Å². The molecule has 2 N–H and O–H groups in total. The van der Waals surface area contributed by atoms with E-state index in [9.17, 15) is 0 Å². The third-order valence-electron chi connectivity index (χ3n) is 4.68. The van der Waals surface area contributed by atoms with Gasteiger partial charge in [-0.2, -0.15) is 0 Å². The molecule has 1 atom stereocenters. The summed E-state index contributed by atoms with van der Waals surface area (Å²) >= 11 is 0. The molecule has 1 aliphatic carbocycles. The fourth-order valence-corrected chi connectivity index (χ4v) is 3.47. The van der Waals surface area contributed by atoms with Crippen LogP contribution in [0.3, 0.4) is 0 Å². The Kier molecular flexibility index (Phi) is 4.63. The number of nitrogens with two attached hydrogens (primary N) is 1. The Balaban J connectivity index is 2.28. The molecular formula is C15H28N4. The zero-order valence-electron chi connectivity index (χ0n) is 12.6. The Morgan fingerprint density at radius 1 is 1.37 bits per heavy atom. The molecule has 0 spiro atoms. The van der Waals surface area contributed by atoms with Crippen LogP contribution in [0.5, 0.6) is 0 Å². The number of hydrogen-bond acceptors (Lipinski definition) is 3. The Bertz CT molecular complexity index is 391. The number of rotatable bonds is 5. The minimum Gasteiger partial charge on any atom is -0.334 e. The van der Waals surface area contributed by atoms with Crippen LogP contribution in [0.1, 0.15) is 57.3 Å². The number of nitrogens with zero attached hydrogens (tertiary/aromatic N) is 3. The van der Waals surface area contributed by atoms with Crippen molar-refractivity contribution in [2.24, 2.45) is 5.73 Å². The molecule has 1 saturated carbocycles. The van der Waals surface area contributed by atoms with Crippen LogP contribution in [-0.4, -0.2) is 34.1 Å². The molecule has 1 aromatic heterocycles. The first-order valence-electron chi connectivity index (χ1n) is 7.56. The van der Waals surface area contributed by atoms with Gasteiger partial charge in [0.1, 0.15) is 5.82 Å². The van der Waals surface area contributed by atoms with Gasteiger partial charge < -0.3 is 15.2 Å². The average Bonchev–Trinajstić information content (AvgIpc) is 2.87. The molecule has 4 heteroatoms. The standard InChI is InChI=1S/C15H28N4/c1-4-11-19-12-10-17-14(19)13(16)15(18(2)3)8-6-5-7-9-15/h10,12-13H,4-9,11,16H2,1-3H3. The summed E-state index contributed by atoms with van der Waals surface area (Å²) in [6, 6.07) is 0.00403. The molecule has 0 saturated heterocycles. The lowest BCUT2D eigenvalue weighted by molar-refractivity contribution is 0.0670. The van der Waals surface area contributed by atoms with Crippen LogP contribution in [0.15, 0.2) is 12.4 Å². The van der Waals surface area contributed by atoms with Gasteiger partial charge in [-0.05, 0) is 33.4 Å². The van der Waals surface area contributed by atoms with Gasteiger partial charge in [-0.1, -0.05) is 26.2 Å². The van der Waals surface area contributed by atoms with E-state index < -0.39 is 0 Å². The van der Waals surface area contributed by atoms with Crippen molar-refractivity contribution < 1.29 is 0 Å². The predicted molar refractivity (Wildman–Crippen MR) is 78.9 cm³/mol. The summed E-state index contributed by atoms with van der Waals surface area (Å²) in [6.07, 6.45) is 11.3. The molecule has 0 radical (unpaired) electrons. The summed E-state index contributed by atoms with van der Waals surface area (Å²) in [5.74, 6) is 1.05. The average molecular weight is 264 g/mol. The molecule has 0 aromatic carbocycles. The zero-order valence-corrected chi connectivity index (χ0v) is 12.6. The molecular weight excluding hydrogens is 236 g/mol. The maximum absolute atomic E-state index is 6.66. The third-order valence-corrected chi connectivity index (χ3v) is 4.68. The van der Waals surface area contributed by atoms with Crippen molar-refractivity contribution in [1.29, 1.82) is 0 Å². The maximum Gasteiger partial charge on any atom is 0.127 e. The predicted octanol–water partition coefficient (Wildman–Crippen LogP) is 2.56. The van der Waals surface area contributed by atoms with Gasteiger partial charge in [0.15, 0.2) is 0 Å². The summed E-state index contributed by atoms with van der Waals surface area (Å²) in [4.78, 5) is 6.88. The highest BCUT2D eigenvalue weighted by molar-refractivity contribution is 5.10. The first kappa shape index (κ1) is 14.5. The van der Waals surface area contributed by atoms with Gasteiger partial charge in [0, 0.05) is 24.5 Å². The smallest absolute Gasteiger partial charge is 0.127 e. The molecule has 108 valence electrons. The van der Waals surface area contributed by atoms with E-state index in [0.717, 1.165) is 18.8 Å². The highest BCUT2D eigenvalue weighted by Crippen LogP contribution is 2.40. The summed E-state index contributed by atoms with van der Waals surface area (Å²) in [5, 5.41) is 0. The van der Waals surface area contributed by atoms with Crippen LogP contribution in [0.2, 0.25) is 0 Å². The lowest BCUT2D eigenvalue weighted by Gasteiger charge is -2.46. The number of hydrogen-bond donors (Lipinski definition) is 1. The van der Waals surface area contributed by atoms with Crippen LogP contribution >= 0.6 is 0 Å².